The lowest BCUT2D eigenvalue weighted by molar-refractivity contribution is -0.126. The van der Waals surface area contributed by atoms with Gasteiger partial charge in [0.05, 0.1) is 11.2 Å². The molecule has 44 heavy (non-hydrogen) atoms. The molecule has 1 unspecified atom stereocenters. The van der Waals surface area contributed by atoms with Gasteiger partial charge in [0, 0.05) is 25.8 Å². The number of thiazole rings is 1. The summed E-state index contributed by atoms with van der Waals surface area (Å²) >= 11 is 0.867. The molecule has 230 valence electrons. The Hall–Kier alpha value is -4.40. The normalized spacial score (nSPS) is 13.8. The first-order valence-corrected chi connectivity index (χ1v) is 16.0. The van der Waals surface area contributed by atoms with Crippen molar-refractivity contribution < 1.29 is 31.9 Å². The molecule has 11 nitrogen and oxygen atoms in total. The molecule has 5 rings (SSSR count). The Kier molecular flexibility index (Phi) is 9.22. The van der Waals surface area contributed by atoms with E-state index in [1.807, 2.05) is 30.3 Å². The third kappa shape index (κ3) is 7.38. The standard InChI is InChI=1S/C30H30FN5O6S2/c1-36(2)44(40,41)27(28(38)32-16-25(37)33-21-11-12-21)29-35-26-23(31)14-20(15-24(26)43-29)19-9-6-10-22(13-19)34-30(39)42-17-18-7-4-3-5-8-18/h3-10,13-15,21,27H,11-12,16-17H2,1-2H3,(H,32,38)(H,33,37)(H,34,39). The molecule has 0 aliphatic heterocycles. The van der Waals surface area contributed by atoms with Crippen molar-refractivity contribution in [2.45, 2.75) is 30.7 Å². The summed E-state index contributed by atoms with van der Waals surface area (Å²) in [6.45, 7) is -0.305. The van der Waals surface area contributed by atoms with Crippen LogP contribution < -0.4 is 16.0 Å². The Labute approximate surface area is 257 Å². The zero-order chi connectivity index (χ0) is 31.4. The molecule has 3 N–H and O–H groups in total. The first kappa shape index (κ1) is 31.0. The largest absolute Gasteiger partial charge is 0.444 e. The van der Waals surface area contributed by atoms with Crippen LogP contribution in [0.4, 0.5) is 14.9 Å². The van der Waals surface area contributed by atoms with Crippen LogP contribution in [-0.4, -0.2) is 62.3 Å². The van der Waals surface area contributed by atoms with Crippen molar-refractivity contribution >= 4 is 55.2 Å². The maximum atomic E-state index is 15.4. The smallest absolute Gasteiger partial charge is 0.411 e. The van der Waals surface area contributed by atoms with Crippen LogP contribution in [0.2, 0.25) is 0 Å². The zero-order valence-electron chi connectivity index (χ0n) is 23.9. The maximum Gasteiger partial charge on any atom is 0.411 e. The number of hydrogen-bond donors (Lipinski definition) is 3. The monoisotopic (exact) mass is 639 g/mol. The number of nitrogens with one attached hydrogen (secondary N) is 3. The van der Waals surface area contributed by atoms with Crippen LogP contribution in [0.3, 0.4) is 0 Å². The highest BCUT2D eigenvalue weighted by atomic mass is 32.2. The molecule has 0 saturated heterocycles. The van der Waals surface area contributed by atoms with E-state index in [2.05, 4.69) is 20.9 Å². The van der Waals surface area contributed by atoms with Gasteiger partial charge in [-0.25, -0.2) is 26.9 Å². The molecule has 1 aliphatic rings. The molecule has 4 aromatic rings. The predicted octanol–water partition coefficient (Wildman–Crippen LogP) is 4.18. The third-order valence-corrected chi connectivity index (χ3v) is 10.0. The zero-order valence-corrected chi connectivity index (χ0v) is 25.5. The van der Waals surface area contributed by atoms with Crippen LogP contribution >= 0.6 is 11.3 Å². The minimum atomic E-state index is -4.25. The topological polar surface area (TPSA) is 147 Å². The Morgan fingerprint density at radius 2 is 1.80 bits per heavy atom. The maximum absolute atomic E-state index is 15.4. The highest BCUT2D eigenvalue weighted by Crippen LogP contribution is 2.36. The number of hydrogen-bond acceptors (Lipinski definition) is 8. The summed E-state index contributed by atoms with van der Waals surface area (Å²) < 4.78 is 48.2. The van der Waals surface area contributed by atoms with Gasteiger partial charge in [0.25, 0.3) is 0 Å². The second-order valence-electron chi connectivity index (χ2n) is 10.4. The fourth-order valence-corrected chi connectivity index (χ4v) is 6.88. The Balaban J connectivity index is 1.37. The Bertz CT molecular complexity index is 1810. The number of carbonyl (C=O) groups excluding carboxylic acids is 3. The van der Waals surface area contributed by atoms with Crippen LogP contribution in [0.25, 0.3) is 21.3 Å². The average molecular weight is 640 g/mol. The molecule has 1 atom stereocenters. The van der Waals surface area contributed by atoms with Crippen LogP contribution in [0.15, 0.2) is 66.7 Å². The van der Waals surface area contributed by atoms with E-state index in [0.29, 0.717) is 21.5 Å². The van der Waals surface area contributed by atoms with Crippen molar-refractivity contribution in [2.24, 2.45) is 0 Å². The lowest BCUT2D eigenvalue weighted by Gasteiger charge is -2.19. The number of halogens is 1. The number of rotatable bonds is 11. The number of ether oxygens (including phenoxy) is 1. The summed E-state index contributed by atoms with van der Waals surface area (Å²) in [6, 6.07) is 18.9. The van der Waals surface area contributed by atoms with E-state index in [-0.39, 0.29) is 23.2 Å². The molecule has 1 aliphatic carbocycles. The second kappa shape index (κ2) is 13.1. The molecule has 1 fully saturated rings. The summed E-state index contributed by atoms with van der Waals surface area (Å²) in [7, 11) is -1.69. The fraction of sp³-hybridized carbons (Fsp3) is 0.267. The van der Waals surface area contributed by atoms with Crippen molar-refractivity contribution in [1.29, 1.82) is 0 Å². The van der Waals surface area contributed by atoms with Gasteiger partial charge in [-0.15, -0.1) is 11.3 Å². The Morgan fingerprint density at radius 1 is 1.05 bits per heavy atom. The van der Waals surface area contributed by atoms with Gasteiger partial charge >= 0.3 is 6.09 Å². The van der Waals surface area contributed by atoms with Gasteiger partial charge in [0.2, 0.25) is 27.1 Å². The molecule has 3 aromatic carbocycles. The molecule has 1 aromatic heterocycles. The van der Waals surface area contributed by atoms with E-state index in [4.69, 9.17) is 4.74 Å². The van der Waals surface area contributed by atoms with Gasteiger partial charge in [-0.1, -0.05) is 42.5 Å². The van der Waals surface area contributed by atoms with Crippen molar-refractivity contribution in [3.05, 3.63) is 83.1 Å². The third-order valence-electron chi connectivity index (χ3n) is 6.75. The quantitative estimate of drug-likeness (QED) is 0.223. The van der Waals surface area contributed by atoms with E-state index in [0.717, 1.165) is 34.0 Å². The van der Waals surface area contributed by atoms with Crippen LogP contribution in [0.5, 0.6) is 0 Å². The number of anilines is 1. The van der Waals surface area contributed by atoms with Crippen LogP contribution in [-0.2, 0) is 31.0 Å². The van der Waals surface area contributed by atoms with E-state index >= 15 is 4.39 Å². The summed E-state index contributed by atoms with van der Waals surface area (Å²) in [6.07, 6.45) is 1.06. The summed E-state index contributed by atoms with van der Waals surface area (Å²) in [5, 5.41) is 5.83. The fourth-order valence-electron chi connectivity index (χ4n) is 4.29. The minimum absolute atomic E-state index is 0.0760. The number of aromatic nitrogens is 1. The molecule has 3 amide bonds. The van der Waals surface area contributed by atoms with Crippen LogP contribution in [0, 0.1) is 5.82 Å². The van der Waals surface area contributed by atoms with E-state index in [1.54, 1.807) is 30.3 Å². The van der Waals surface area contributed by atoms with Gasteiger partial charge in [-0.2, -0.15) is 0 Å². The van der Waals surface area contributed by atoms with Crippen molar-refractivity contribution in [3.63, 3.8) is 0 Å². The Morgan fingerprint density at radius 3 is 2.50 bits per heavy atom. The molecular weight excluding hydrogens is 609 g/mol. The second-order valence-corrected chi connectivity index (χ2v) is 13.7. The molecule has 1 heterocycles. The number of amides is 3. The minimum Gasteiger partial charge on any atom is -0.444 e. The average Bonchev–Trinajstić information content (AvgIpc) is 3.70. The number of carbonyl (C=O) groups is 3. The molecule has 0 radical (unpaired) electrons. The van der Waals surface area contributed by atoms with Crippen molar-refractivity contribution in [3.8, 4) is 11.1 Å². The number of sulfonamides is 1. The van der Waals surface area contributed by atoms with E-state index in [9.17, 15) is 22.8 Å². The first-order valence-electron chi connectivity index (χ1n) is 13.7. The first-order chi connectivity index (χ1) is 21.0. The predicted molar refractivity (Wildman–Crippen MR) is 165 cm³/mol. The van der Waals surface area contributed by atoms with Crippen LogP contribution in [0.1, 0.15) is 28.7 Å². The highest BCUT2D eigenvalue weighted by Gasteiger charge is 2.39. The summed E-state index contributed by atoms with van der Waals surface area (Å²) in [5.41, 5.74) is 2.18. The molecule has 14 heteroatoms. The van der Waals surface area contributed by atoms with E-state index in [1.165, 1.54) is 20.2 Å². The molecule has 0 spiro atoms. The van der Waals surface area contributed by atoms with Crippen molar-refractivity contribution in [2.75, 3.05) is 26.0 Å². The molecule has 0 bridgehead atoms. The lowest BCUT2D eigenvalue weighted by atomic mass is 10.0. The van der Waals surface area contributed by atoms with Crippen molar-refractivity contribution in [1.82, 2.24) is 19.9 Å². The number of fused-ring (bicyclic) bond motifs is 1. The SMILES string of the molecule is CN(C)S(=O)(=O)C(C(=O)NCC(=O)NC1CC1)c1nc2c(F)cc(-c3cccc(NC(=O)OCc4ccccc4)c3)cc2s1. The summed E-state index contributed by atoms with van der Waals surface area (Å²) in [5.74, 6) is -2.09. The highest BCUT2D eigenvalue weighted by molar-refractivity contribution is 7.90. The van der Waals surface area contributed by atoms with Gasteiger partial charge in [-0.05, 0) is 53.8 Å². The van der Waals surface area contributed by atoms with Gasteiger partial charge < -0.3 is 15.4 Å². The number of nitrogens with zero attached hydrogens (tertiary/aromatic N) is 2. The van der Waals surface area contributed by atoms with Gasteiger partial charge in [-0.3, -0.25) is 14.9 Å². The molecule has 1 saturated carbocycles. The molecular formula is C30H30FN5O6S2. The lowest BCUT2D eigenvalue weighted by Crippen LogP contribution is -2.43. The van der Waals surface area contributed by atoms with Gasteiger partial charge in [0.1, 0.15) is 17.1 Å². The number of benzene rings is 3. The summed E-state index contributed by atoms with van der Waals surface area (Å²) in [4.78, 5) is 41.8. The van der Waals surface area contributed by atoms with E-state index < -0.39 is 45.5 Å². The van der Waals surface area contributed by atoms with Gasteiger partial charge in [0.15, 0.2) is 5.82 Å².